The molecule has 24 heteroatoms. The van der Waals surface area contributed by atoms with E-state index in [-0.39, 0.29) is 45.6 Å². The summed E-state index contributed by atoms with van der Waals surface area (Å²) in [6.45, 7) is 11.8. The van der Waals surface area contributed by atoms with Crippen molar-refractivity contribution in [3.05, 3.63) is 67.3 Å². The molecule has 7 aliphatic rings. The molecule has 2 aromatic rings. The number of aromatic hydroxyl groups is 1. The van der Waals surface area contributed by atoms with Crippen LogP contribution >= 0.6 is 0 Å². The Kier molecular flexibility index (Phi) is 14.3. The van der Waals surface area contributed by atoms with Crippen LogP contribution in [0.2, 0.25) is 0 Å². The summed E-state index contributed by atoms with van der Waals surface area (Å²) in [6, 6.07) is 3.49. The molecule has 0 aromatic heterocycles. The van der Waals surface area contributed by atoms with Gasteiger partial charge in [0.2, 0.25) is 12.1 Å². The number of phenolic OH excluding ortho intramolecular Hbond substituents is 1. The summed E-state index contributed by atoms with van der Waals surface area (Å²) >= 11 is 0. The number of carbonyl (C=O) groups excluding carboxylic acids is 2. The number of nitrogens with zero attached hydrogens (tertiary/aromatic N) is 1. The molecule has 0 saturated carbocycles. The second kappa shape index (κ2) is 19.2. The molecular weight excluding hydrogens is 993 g/mol. The Bertz CT molecular complexity index is 2590. The number of benzene rings is 2. The maximum atomic E-state index is 15.3. The van der Waals surface area contributed by atoms with Gasteiger partial charge in [-0.1, -0.05) is 6.07 Å². The number of nitro groups is 1. The lowest BCUT2D eigenvalue weighted by Gasteiger charge is -2.55. The first-order valence-electron chi connectivity index (χ1n) is 25.1. The number of aliphatic hydroxyl groups excluding tert-OH is 3. The van der Waals surface area contributed by atoms with Crippen molar-refractivity contribution in [2.24, 2.45) is 0 Å². The molecule has 9 rings (SSSR count). The topological polar surface area (TPSA) is 325 Å². The van der Waals surface area contributed by atoms with Gasteiger partial charge in [-0.2, -0.15) is 0 Å². The second-order valence-electron chi connectivity index (χ2n) is 22.6. The van der Waals surface area contributed by atoms with Crippen molar-refractivity contribution in [1.82, 2.24) is 0 Å². The van der Waals surface area contributed by atoms with E-state index >= 15 is 4.79 Å². The summed E-state index contributed by atoms with van der Waals surface area (Å²) in [5.74, 6) is -2.35. The molecule has 24 nitrogen and oxygen atoms in total. The highest BCUT2D eigenvalue weighted by Gasteiger charge is 2.65. The maximum Gasteiger partial charge on any atom is 0.252 e. The van der Waals surface area contributed by atoms with Gasteiger partial charge in [-0.3, -0.25) is 19.7 Å². The van der Waals surface area contributed by atoms with E-state index < -0.39 is 167 Å². The van der Waals surface area contributed by atoms with Gasteiger partial charge in [0.05, 0.1) is 55.6 Å². The van der Waals surface area contributed by atoms with Crippen molar-refractivity contribution in [1.29, 1.82) is 0 Å². The number of rotatable bonds is 11. The van der Waals surface area contributed by atoms with E-state index in [1.165, 1.54) is 81.1 Å². The Morgan fingerprint density at radius 2 is 1.31 bits per heavy atom. The average Bonchev–Trinajstić information content (AvgIpc) is 3.31. The number of methoxy groups -OCH3 is 3. The first kappa shape index (κ1) is 55.8. The Labute approximate surface area is 432 Å². The number of nitrogens with one attached hydrogen (secondary N) is 1. The van der Waals surface area contributed by atoms with Gasteiger partial charge >= 0.3 is 0 Å². The highest BCUT2D eigenvalue weighted by molar-refractivity contribution is 6.30. The third-order valence-corrected chi connectivity index (χ3v) is 17.0. The van der Waals surface area contributed by atoms with Crippen LogP contribution in [-0.2, 0) is 59.4 Å². The normalized spacial score (nSPS) is 45.3. The van der Waals surface area contributed by atoms with Crippen molar-refractivity contribution < 1.29 is 107 Å². The molecular formula is C51H71N2O22+. The second-order valence-corrected chi connectivity index (χ2v) is 22.6. The minimum absolute atomic E-state index is 0.0201. The number of ketones is 2. The van der Waals surface area contributed by atoms with E-state index in [1.807, 2.05) is 0 Å². The highest BCUT2D eigenvalue weighted by atomic mass is 16.8. The third kappa shape index (κ3) is 8.45. The zero-order valence-corrected chi connectivity index (χ0v) is 44.2. The van der Waals surface area contributed by atoms with Crippen LogP contribution in [0.5, 0.6) is 11.5 Å². The number of phenols is 1. The van der Waals surface area contributed by atoms with Crippen LogP contribution in [0.4, 0.5) is 0 Å². The Morgan fingerprint density at radius 1 is 0.733 bits per heavy atom. The van der Waals surface area contributed by atoms with Crippen molar-refractivity contribution in [3.8, 4) is 11.5 Å². The zero-order chi connectivity index (χ0) is 55.1. The molecule has 22 atom stereocenters. The first-order chi connectivity index (χ1) is 34.9. The molecule has 0 radical (unpaired) electrons. The standard InChI is InChI=1S/C51H70N2O22/c1-19-37(58)49(6,61)42(66-12)45(69-19)73-36-27-22(17-48(5,60)41(36)65-11)16-24-28(32(27)55)33(56)29-23(31(24)54)14-15-25-35(29)72-44-34(57)30(52(9)10)40(51(25,8)75-44)71-26-18-47(4,53(63)64)39(21(3)68-26)74-46-43(67-13)50(7,62)38(59)20(2)70-46/h14-16,19-21,26,30,34,36-46,55,57-62H,17-18H2,1-13H3/p+1/t19-,20-,21+,26-,30-,34-,36+,37-,38-,39+,40-,41-,42-,43-,44+,45-,46-,47-,48-,49+,50+,51+/m0/s1. The fourth-order valence-corrected chi connectivity index (χ4v) is 13.0. The molecule has 5 heterocycles. The van der Waals surface area contributed by atoms with Crippen LogP contribution in [0.15, 0.2) is 18.2 Å². The minimum atomic E-state index is -1.94. The molecule has 0 unspecified atom stereocenters. The van der Waals surface area contributed by atoms with Crippen molar-refractivity contribution >= 4 is 11.6 Å². The number of carbonyl (C=O) groups is 2. The fourth-order valence-electron chi connectivity index (χ4n) is 13.0. The van der Waals surface area contributed by atoms with Gasteiger partial charge in [0.15, 0.2) is 36.9 Å². The molecule has 4 saturated heterocycles. The SMILES string of the molecule is CO[C@H]1[C@H](O[C@@H]2c3c(cc4c(c3O)C(=O)c3c(ccc5c3O[C@@H]3O[C@@]5(C)[C@@H](O[C@H]5C[C@](C)([N+](=O)[O-])[C@H](O[C@@H]6O[C@@H](C)[C@H](O)[C@@](C)(O)[C@H]6OC)[C@@H](C)O5)[C@@H]([NH+](C)C)[C@@H]3O)C4=O)C[C@](C)(O)[C@H]2OC)O[C@@H](C)[C@H](O)[C@@]1(C)O. The lowest BCUT2D eigenvalue weighted by molar-refractivity contribution is -0.899. The van der Waals surface area contributed by atoms with Gasteiger partial charge < -0.3 is 92.8 Å². The highest BCUT2D eigenvalue weighted by Crippen LogP contribution is 2.54. The summed E-state index contributed by atoms with van der Waals surface area (Å²) in [7, 11) is 7.40. The number of ether oxygens (including phenoxy) is 11. The quantitative estimate of drug-likeness (QED) is 0.0850. The first-order valence-corrected chi connectivity index (χ1v) is 25.1. The number of fused-ring (bicyclic) bond motifs is 8. The maximum absolute atomic E-state index is 15.3. The van der Waals surface area contributed by atoms with Crippen LogP contribution in [0.3, 0.4) is 0 Å². The van der Waals surface area contributed by atoms with Crippen LogP contribution in [0.25, 0.3) is 0 Å². The predicted octanol–water partition coefficient (Wildman–Crippen LogP) is -0.931. The third-order valence-electron chi connectivity index (χ3n) is 17.0. The number of hydrogen-bond donors (Lipinski definition) is 8. The van der Waals surface area contributed by atoms with E-state index in [0.717, 1.165) is 0 Å². The van der Waals surface area contributed by atoms with Crippen LogP contribution in [0, 0.1) is 10.1 Å². The van der Waals surface area contributed by atoms with Gasteiger partial charge in [0, 0.05) is 61.9 Å². The summed E-state index contributed by atoms with van der Waals surface area (Å²) in [6.07, 6.45) is -21.3. The number of aliphatic hydroxyl groups is 6. The minimum Gasteiger partial charge on any atom is -0.507 e. The van der Waals surface area contributed by atoms with Gasteiger partial charge in [0.1, 0.15) is 77.1 Å². The van der Waals surface area contributed by atoms with E-state index in [1.54, 1.807) is 27.9 Å². The van der Waals surface area contributed by atoms with Gasteiger partial charge in [-0.15, -0.1) is 0 Å². The number of hydrogen-bond acceptors (Lipinski definition) is 22. The largest absolute Gasteiger partial charge is 0.507 e. The smallest absolute Gasteiger partial charge is 0.252 e. The van der Waals surface area contributed by atoms with Crippen LogP contribution in [-0.4, -0.2) is 208 Å². The molecule has 2 bridgehead atoms. The van der Waals surface area contributed by atoms with Gasteiger partial charge in [0.25, 0.3) is 5.54 Å². The molecule has 2 aromatic carbocycles. The molecule has 0 spiro atoms. The summed E-state index contributed by atoms with van der Waals surface area (Å²) < 4.78 is 67.7. The summed E-state index contributed by atoms with van der Waals surface area (Å²) in [5.41, 5.74) is -9.60. The Hall–Kier alpha value is -3.90. The Morgan fingerprint density at radius 3 is 1.85 bits per heavy atom. The molecule has 0 amide bonds. The molecule has 8 N–H and O–H groups in total. The molecule has 2 aliphatic carbocycles. The van der Waals surface area contributed by atoms with Crippen molar-refractivity contribution in [2.75, 3.05) is 35.4 Å². The lowest BCUT2D eigenvalue weighted by atomic mass is 9.71. The predicted molar refractivity (Wildman–Crippen MR) is 253 cm³/mol. The van der Waals surface area contributed by atoms with E-state index in [0.29, 0.717) is 4.90 Å². The van der Waals surface area contributed by atoms with E-state index in [4.69, 9.17) is 52.1 Å². The van der Waals surface area contributed by atoms with E-state index in [9.17, 15) is 50.7 Å². The summed E-state index contributed by atoms with van der Waals surface area (Å²) in [5, 5.41) is 93.8. The van der Waals surface area contributed by atoms with Crippen LogP contribution in [0.1, 0.15) is 116 Å². The molecule has 4 fully saturated rings. The fraction of sp³-hybridized carbons (Fsp3) is 0.725. The summed E-state index contributed by atoms with van der Waals surface area (Å²) in [4.78, 5) is 43.4. The zero-order valence-electron chi connectivity index (χ0n) is 44.2. The van der Waals surface area contributed by atoms with Gasteiger partial charge in [-0.05, 0) is 66.2 Å². The molecule has 75 heavy (non-hydrogen) atoms. The monoisotopic (exact) mass is 1060 g/mol. The lowest BCUT2D eigenvalue weighted by Crippen LogP contribution is -3.14. The number of likely N-dealkylation sites (N-methyl/N-ethyl adjacent to an activating group) is 1. The molecule has 416 valence electrons. The average molecular weight is 1060 g/mol. The molecule has 5 aliphatic heterocycles. The van der Waals surface area contributed by atoms with Crippen molar-refractivity contribution in [3.63, 3.8) is 0 Å². The van der Waals surface area contributed by atoms with Crippen LogP contribution < -0.4 is 9.64 Å². The van der Waals surface area contributed by atoms with E-state index in [2.05, 4.69) is 0 Å². The van der Waals surface area contributed by atoms with Gasteiger partial charge in [-0.25, -0.2) is 0 Å². The van der Waals surface area contributed by atoms with Crippen molar-refractivity contribution in [2.45, 2.75) is 201 Å². The Balaban J connectivity index is 1.08. The number of quaternary nitrogens is 1.